The highest BCUT2D eigenvalue weighted by atomic mass is 32.1. The van der Waals surface area contributed by atoms with Crippen LogP contribution in [0.25, 0.3) is 21.0 Å². The molecule has 1 aromatic carbocycles. The van der Waals surface area contributed by atoms with Crippen LogP contribution in [0.5, 0.6) is 0 Å². The Morgan fingerprint density at radius 2 is 1.71 bits per heavy atom. The summed E-state index contributed by atoms with van der Waals surface area (Å²) in [5.41, 5.74) is 7.51. The van der Waals surface area contributed by atoms with Crippen molar-refractivity contribution in [2.75, 3.05) is 6.61 Å². The molecule has 0 saturated carbocycles. The molecular weight excluding hydrogens is 487 g/mol. The van der Waals surface area contributed by atoms with E-state index in [1.54, 1.807) is 16.0 Å². The van der Waals surface area contributed by atoms with Crippen molar-refractivity contribution in [3.05, 3.63) is 23.2 Å². The van der Waals surface area contributed by atoms with E-state index in [-0.39, 0.29) is 0 Å². The van der Waals surface area contributed by atoms with Crippen molar-refractivity contribution in [1.29, 1.82) is 0 Å². The van der Waals surface area contributed by atoms with Crippen LogP contribution in [0, 0.1) is 11.5 Å². The highest BCUT2D eigenvalue weighted by molar-refractivity contribution is 7.17. The first-order valence-corrected chi connectivity index (χ1v) is 19.5. The molecule has 3 rings (SSSR count). The maximum atomic E-state index is 10.4. The first-order valence-electron chi connectivity index (χ1n) is 12.7. The van der Waals surface area contributed by atoms with E-state index in [4.69, 9.17) is 4.74 Å². The number of hydrogen-bond acceptors (Lipinski definition) is 5. The standard InChI is InChI=1S/C26H41BN2O3SSi2/c1-18(2)35(19(3)4,20(5)6)12-10-21-16-33-24-14-23-22(26(25(21)24)27(30)31)15-29(28-23)17-32-11-13-34(7,8)9/h14-16,18-20,30-31H,11,13,17H2,1-9H3. The summed E-state index contributed by atoms with van der Waals surface area (Å²) in [6.45, 7) is 21.9. The van der Waals surface area contributed by atoms with E-state index in [2.05, 4.69) is 83.1 Å². The molecule has 0 unspecified atom stereocenters. The maximum Gasteiger partial charge on any atom is 0.489 e. The fourth-order valence-electron chi connectivity index (χ4n) is 5.34. The van der Waals surface area contributed by atoms with Gasteiger partial charge in [0.2, 0.25) is 0 Å². The molecule has 0 aliphatic rings. The van der Waals surface area contributed by atoms with Crippen LogP contribution in [0.2, 0.25) is 42.3 Å². The normalized spacial score (nSPS) is 12.9. The summed E-state index contributed by atoms with van der Waals surface area (Å²) < 4.78 is 8.59. The molecule has 9 heteroatoms. The number of rotatable bonds is 9. The summed E-state index contributed by atoms with van der Waals surface area (Å²) in [5.74, 6) is 3.53. The molecule has 2 N–H and O–H groups in total. The number of ether oxygens (including phenoxy) is 1. The van der Waals surface area contributed by atoms with Crippen LogP contribution in [-0.4, -0.2) is 49.7 Å². The Kier molecular flexibility index (Phi) is 8.78. The lowest BCUT2D eigenvalue weighted by Gasteiger charge is -2.38. The first kappa shape index (κ1) is 28.2. The Bertz CT molecular complexity index is 1210. The van der Waals surface area contributed by atoms with Gasteiger partial charge in [-0.25, -0.2) is 4.68 Å². The molecule has 3 aromatic rings. The van der Waals surface area contributed by atoms with Crippen LogP contribution in [0.15, 0.2) is 17.6 Å². The molecule has 0 bridgehead atoms. The molecular formula is C26H41BN2O3SSi2. The average Bonchev–Trinajstić information content (AvgIpc) is 3.31. The van der Waals surface area contributed by atoms with Crippen LogP contribution < -0.4 is 5.46 Å². The lowest BCUT2D eigenvalue weighted by molar-refractivity contribution is 0.0791. The Labute approximate surface area is 217 Å². The van der Waals surface area contributed by atoms with Crippen LogP contribution in [0.1, 0.15) is 47.1 Å². The number of thiophene rings is 1. The van der Waals surface area contributed by atoms with Crippen molar-refractivity contribution < 1.29 is 14.8 Å². The molecule has 0 saturated heterocycles. The van der Waals surface area contributed by atoms with Crippen LogP contribution in [0.4, 0.5) is 0 Å². The summed E-state index contributed by atoms with van der Waals surface area (Å²) in [7, 11) is -4.67. The Morgan fingerprint density at radius 1 is 1.09 bits per heavy atom. The van der Waals surface area contributed by atoms with Crippen molar-refractivity contribution in [3.8, 4) is 11.5 Å². The van der Waals surface area contributed by atoms with Gasteiger partial charge in [0, 0.05) is 52.8 Å². The van der Waals surface area contributed by atoms with Crippen LogP contribution >= 0.6 is 11.3 Å². The van der Waals surface area contributed by atoms with E-state index in [0.29, 0.717) is 35.4 Å². The Hall–Kier alpha value is -1.41. The third-order valence-corrected chi connectivity index (χ3v) is 16.1. The highest BCUT2D eigenvalue weighted by Crippen LogP contribution is 2.41. The fourth-order valence-corrected chi connectivity index (χ4v) is 12.3. The largest absolute Gasteiger partial charge is 0.489 e. The van der Waals surface area contributed by atoms with Gasteiger partial charge in [-0.2, -0.15) is 5.10 Å². The van der Waals surface area contributed by atoms with Gasteiger partial charge in [-0.1, -0.05) is 67.1 Å². The third kappa shape index (κ3) is 5.95. The molecule has 190 valence electrons. The van der Waals surface area contributed by atoms with Crippen LogP contribution in [-0.2, 0) is 11.5 Å². The minimum atomic E-state index is -1.91. The first-order chi connectivity index (χ1) is 16.3. The number of nitrogens with zero attached hydrogens (tertiary/aromatic N) is 2. The number of aromatic nitrogens is 2. The maximum absolute atomic E-state index is 10.4. The number of hydrogen-bond donors (Lipinski definition) is 2. The summed E-state index contributed by atoms with van der Waals surface area (Å²) in [4.78, 5) is 0. The van der Waals surface area contributed by atoms with Gasteiger partial charge in [-0.05, 0) is 28.7 Å². The summed E-state index contributed by atoms with van der Waals surface area (Å²) in [6, 6.07) is 3.13. The molecule has 0 atom stereocenters. The SMILES string of the molecule is CC(C)[Si](C#Cc1csc2cc3nn(COCC[Si](C)(C)C)cc3c(B(O)O)c12)(C(C)C)C(C)C. The zero-order valence-corrected chi connectivity index (χ0v) is 25.6. The van der Waals surface area contributed by atoms with Gasteiger partial charge in [-0.15, -0.1) is 16.9 Å². The predicted octanol–water partition coefficient (Wildman–Crippen LogP) is 5.81. The average molecular weight is 529 g/mol. The van der Waals surface area contributed by atoms with Crippen molar-refractivity contribution in [3.63, 3.8) is 0 Å². The van der Waals surface area contributed by atoms with E-state index < -0.39 is 23.3 Å². The van der Waals surface area contributed by atoms with Gasteiger partial charge < -0.3 is 14.8 Å². The van der Waals surface area contributed by atoms with Crippen molar-refractivity contribution in [2.45, 2.75) is 90.6 Å². The number of benzene rings is 1. The predicted molar refractivity (Wildman–Crippen MR) is 157 cm³/mol. The fraction of sp³-hybridized carbons (Fsp3) is 0.577. The topological polar surface area (TPSA) is 67.5 Å². The van der Waals surface area contributed by atoms with Gasteiger partial charge in [0.05, 0.1) is 5.52 Å². The second-order valence-electron chi connectivity index (χ2n) is 11.8. The van der Waals surface area contributed by atoms with Crippen molar-refractivity contribution >= 4 is 61.1 Å². The van der Waals surface area contributed by atoms with Gasteiger partial charge in [0.15, 0.2) is 0 Å². The minimum Gasteiger partial charge on any atom is -0.423 e. The highest BCUT2D eigenvalue weighted by Gasteiger charge is 2.41. The van der Waals surface area contributed by atoms with E-state index >= 15 is 0 Å². The molecule has 0 spiro atoms. The quantitative estimate of drug-likeness (QED) is 0.209. The van der Waals surface area contributed by atoms with Gasteiger partial charge >= 0.3 is 7.12 Å². The summed E-state index contributed by atoms with van der Waals surface area (Å²) in [6.07, 6.45) is 1.86. The molecule has 2 aromatic heterocycles. The lowest BCUT2D eigenvalue weighted by atomic mass is 9.75. The van der Waals surface area contributed by atoms with Crippen molar-refractivity contribution in [1.82, 2.24) is 9.78 Å². The van der Waals surface area contributed by atoms with E-state index in [1.807, 2.05) is 12.3 Å². The second kappa shape index (κ2) is 10.9. The smallest absolute Gasteiger partial charge is 0.423 e. The molecule has 0 aliphatic carbocycles. The molecule has 2 heterocycles. The van der Waals surface area contributed by atoms with Gasteiger partial charge in [0.25, 0.3) is 0 Å². The zero-order chi connectivity index (χ0) is 26.1. The third-order valence-electron chi connectivity index (χ3n) is 7.19. The minimum absolute atomic E-state index is 0.353. The molecule has 0 radical (unpaired) electrons. The zero-order valence-electron chi connectivity index (χ0n) is 22.8. The lowest BCUT2D eigenvalue weighted by Crippen LogP contribution is -2.43. The summed E-state index contributed by atoms with van der Waals surface area (Å²) in [5, 5.41) is 29.1. The molecule has 0 amide bonds. The van der Waals surface area contributed by atoms with E-state index in [9.17, 15) is 10.0 Å². The van der Waals surface area contributed by atoms with Crippen LogP contribution in [0.3, 0.4) is 0 Å². The van der Waals surface area contributed by atoms with Gasteiger partial charge in [0.1, 0.15) is 14.8 Å². The monoisotopic (exact) mass is 528 g/mol. The Morgan fingerprint density at radius 3 is 2.26 bits per heavy atom. The molecule has 0 fully saturated rings. The summed E-state index contributed by atoms with van der Waals surface area (Å²) >= 11 is 1.58. The molecule has 5 nitrogen and oxygen atoms in total. The number of fused-ring (bicyclic) bond motifs is 2. The Balaban J connectivity index is 2.06. The van der Waals surface area contributed by atoms with E-state index in [1.165, 1.54) is 0 Å². The van der Waals surface area contributed by atoms with Gasteiger partial charge in [-0.3, -0.25) is 0 Å². The van der Waals surface area contributed by atoms with Crippen molar-refractivity contribution in [2.24, 2.45) is 0 Å². The van der Waals surface area contributed by atoms with E-state index in [0.717, 1.165) is 32.6 Å². The molecule has 0 aliphatic heterocycles. The second-order valence-corrected chi connectivity index (χ2v) is 23.9. The molecule has 35 heavy (non-hydrogen) atoms.